The predicted octanol–water partition coefficient (Wildman–Crippen LogP) is 1.09. The van der Waals surface area contributed by atoms with E-state index in [9.17, 15) is 4.79 Å². The lowest BCUT2D eigenvalue weighted by Gasteiger charge is -2.13. The van der Waals surface area contributed by atoms with Gasteiger partial charge in [-0.2, -0.15) is 5.10 Å². The molecule has 0 saturated heterocycles. The summed E-state index contributed by atoms with van der Waals surface area (Å²) in [6.45, 7) is 0.850. The van der Waals surface area contributed by atoms with Gasteiger partial charge in [-0.1, -0.05) is 6.07 Å². The molecule has 1 aliphatic heterocycles. The van der Waals surface area contributed by atoms with Crippen LogP contribution in [-0.2, 0) is 14.3 Å². The van der Waals surface area contributed by atoms with Gasteiger partial charge in [0.15, 0.2) is 0 Å². The smallest absolute Gasteiger partial charge is 0.309 e. The fraction of sp³-hybridized carbons (Fsp3) is 0.200. The van der Waals surface area contributed by atoms with Crippen LogP contribution in [0.5, 0.6) is 0 Å². The number of carbonyl (C=O) groups excluding carboxylic acids is 1. The summed E-state index contributed by atoms with van der Waals surface area (Å²) < 4.78 is 10.0. The zero-order valence-corrected chi connectivity index (χ0v) is 9.20. The Morgan fingerprint density at radius 2 is 2.50 bits per heavy atom. The molecule has 2 rings (SSSR count). The molecule has 5 nitrogen and oxygen atoms in total. The minimum Gasteiger partial charge on any atom is -0.494 e. The zero-order valence-electron chi connectivity index (χ0n) is 8.38. The average molecular weight is 238 g/mol. The van der Waals surface area contributed by atoms with Crippen molar-refractivity contribution < 1.29 is 14.3 Å². The number of ether oxygens (including phenoxy) is 2. The average Bonchev–Trinajstić information content (AvgIpc) is 2.83. The van der Waals surface area contributed by atoms with Crippen molar-refractivity contribution in [1.29, 1.82) is 0 Å². The number of carbonyl (C=O) groups is 1. The van der Waals surface area contributed by atoms with Crippen LogP contribution in [0.15, 0.2) is 34.6 Å². The van der Waals surface area contributed by atoms with Gasteiger partial charge in [0.05, 0.1) is 6.21 Å². The van der Waals surface area contributed by atoms with E-state index >= 15 is 0 Å². The van der Waals surface area contributed by atoms with Gasteiger partial charge < -0.3 is 9.47 Å². The van der Waals surface area contributed by atoms with Crippen LogP contribution in [-0.4, -0.2) is 25.3 Å². The third-order valence-electron chi connectivity index (χ3n) is 1.77. The maximum Gasteiger partial charge on any atom is 0.309 e. The first-order valence-corrected chi connectivity index (χ1v) is 5.56. The number of thiophene rings is 1. The quantitative estimate of drug-likeness (QED) is 0.633. The van der Waals surface area contributed by atoms with Crippen molar-refractivity contribution in [1.82, 2.24) is 5.43 Å². The van der Waals surface area contributed by atoms with Gasteiger partial charge in [0.2, 0.25) is 5.76 Å². The molecular formula is C10H10N2O3S. The molecule has 1 amide bonds. The van der Waals surface area contributed by atoms with Gasteiger partial charge in [-0.05, 0) is 11.4 Å². The number of hydrogen-bond donors (Lipinski definition) is 1. The normalized spacial score (nSPS) is 15.1. The van der Waals surface area contributed by atoms with Crippen molar-refractivity contribution in [2.24, 2.45) is 5.10 Å². The summed E-state index contributed by atoms with van der Waals surface area (Å²) in [6, 6.07) is 3.81. The van der Waals surface area contributed by atoms with Crippen molar-refractivity contribution in [2.45, 2.75) is 0 Å². The molecule has 6 heteroatoms. The van der Waals surface area contributed by atoms with Crippen LogP contribution in [0.1, 0.15) is 4.88 Å². The summed E-state index contributed by atoms with van der Waals surface area (Å²) >= 11 is 1.54. The van der Waals surface area contributed by atoms with E-state index in [0.717, 1.165) is 4.88 Å². The molecular weight excluding hydrogens is 228 g/mol. The first kappa shape index (κ1) is 10.7. The summed E-state index contributed by atoms with van der Waals surface area (Å²) in [7, 11) is 0. The highest BCUT2D eigenvalue weighted by atomic mass is 32.1. The van der Waals surface area contributed by atoms with Crippen LogP contribution in [0.2, 0.25) is 0 Å². The fourth-order valence-corrected chi connectivity index (χ4v) is 1.65. The van der Waals surface area contributed by atoms with Gasteiger partial charge in [-0.25, -0.2) is 5.43 Å². The van der Waals surface area contributed by atoms with Crippen molar-refractivity contribution in [3.63, 3.8) is 0 Å². The van der Waals surface area contributed by atoms with Gasteiger partial charge in [0, 0.05) is 4.88 Å². The van der Waals surface area contributed by atoms with Crippen molar-refractivity contribution in [3.8, 4) is 0 Å². The van der Waals surface area contributed by atoms with Gasteiger partial charge in [0.1, 0.15) is 19.5 Å². The minimum atomic E-state index is -0.410. The maximum atomic E-state index is 11.4. The molecule has 1 N–H and O–H groups in total. The van der Waals surface area contributed by atoms with E-state index in [4.69, 9.17) is 9.47 Å². The first-order chi connectivity index (χ1) is 7.86. The standard InChI is InChI=1S/C10H10N2O3S/c13-10(9-7-14-3-4-15-9)12-11-6-8-2-1-5-16-8/h1-2,5-7H,3-4H2,(H,12,13). The Morgan fingerprint density at radius 1 is 1.56 bits per heavy atom. The highest BCUT2D eigenvalue weighted by Crippen LogP contribution is 2.05. The summed E-state index contributed by atoms with van der Waals surface area (Å²) in [6.07, 6.45) is 2.87. The van der Waals surface area contributed by atoms with E-state index < -0.39 is 5.91 Å². The highest BCUT2D eigenvalue weighted by molar-refractivity contribution is 7.11. The van der Waals surface area contributed by atoms with Crippen LogP contribution in [0, 0.1) is 0 Å². The molecule has 0 aliphatic carbocycles. The number of amides is 1. The second-order valence-corrected chi connectivity index (χ2v) is 3.90. The monoisotopic (exact) mass is 238 g/mol. The Balaban J connectivity index is 1.86. The van der Waals surface area contributed by atoms with E-state index in [2.05, 4.69) is 10.5 Å². The molecule has 1 aromatic heterocycles. The minimum absolute atomic E-state index is 0.148. The lowest BCUT2D eigenvalue weighted by atomic mass is 10.5. The molecule has 2 heterocycles. The molecule has 1 aromatic rings. The molecule has 16 heavy (non-hydrogen) atoms. The lowest BCUT2D eigenvalue weighted by molar-refractivity contribution is -0.122. The van der Waals surface area contributed by atoms with Crippen molar-refractivity contribution in [2.75, 3.05) is 13.2 Å². The Hall–Kier alpha value is -1.82. The number of nitrogens with one attached hydrogen (secondary N) is 1. The molecule has 0 unspecified atom stereocenters. The molecule has 84 valence electrons. The Bertz CT molecular complexity index is 412. The van der Waals surface area contributed by atoms with E-state index in [-0.39, 0.29) is 5.76 Å². The topological polar surface area (TPSA) is 59.9 Å². The lowest BCUT2D eigenvalue weighted by Crippen LogP contribution is -2.24. The third-order valence-corrected chi connectivity index (χ3v) is 2.58. The van der Waals surface area contributed by atoms with Gasteiger partial charge in [-0.3, -0.25) is 4.79 Å². The molecule has 0 fully saturated rings. The molecule has 0 aromatic carbocycles. The molecule has 0 radical (unpaired) electrons. The fourth-order valence-electron chi connectivity index (χ4n) is 1.06. The molecule has 1 aliphatic rings. The summed E-state index contributed by atoms with van der Waals surface area (Å²) in [5.41, 5.74) is 2.35. The summed E-state index contributed by atoms with van der Waals surface area (Å²) in [5, 5.41) is 5.73. The predicted molar refractivity (Wildman–Crippen MR) is 60.0 cm³/mol. The van der Waals surface area contributed by atoms with Crippen molar-refractivity contribution in [3.05, 3.63) is 34.4 Å². The third kappa shape index (κ3) is 2.83. The van der Waals surface area contributed by atoms with Crippen LogP contribution >= 0.6 is 11.3 Å². The zero-order chi connectivity index (χ0) is 11.2. The molecule has 0 bridgehead atoms. The van der Waals surface area contributed by atoms with Crippen LogP contribution in [0.25, 0.3) is 0 Å². The van der Waals surface area contributed by atoms with E-state index in [1.165, 1.54) is 17.6 Å². The molecule has 0 atom stereocenters. The van der Waals surface area contributed by atoms with Crippen LogP contribution < -0.4 is 5.43 Å². The number of hydrazone groups is 1. The molecule has 0 saturated carbocycles. The molecule has 0 spiro atoms. The van der Waals surface area contributed by atoms with E-state index in [0.29, 0.717) is 13.2 Å². The van der Waals surface area contributed by atoms with Gasteiger partial charge in [0.25, 0.3) is 0 Å². The van der Waals surface area contributed by atoms with Crippen molar-refractivity contribution >= 4 is 23.5 Å². The van der Waals surface area contributed by atoms with E-state index in [1.54, 1.807) is 6.21 Å². The summed E-state index contributed by atoms with van der Waals surface area (Å²) in [5.74, 6) is -0.262. The number of nitrogens with zero attached hydrogens (tertiary/aromatic N) is 1. The van der Waals surface area contributed by atoms with E-state index in [1.807, 2.05) is 17.5 Å². The summed E-state index contributed by atoms with van der Waals surface area (Å²) in [4.78, 5) is 12.4. The SMILES string of the molecule is O=C(NN=Cc1cccs1)C1=COCCO1. The largest absolute Gasteiger partial charge is 0.494 e. The van der Waals surface area contributed by atoms with Crippen LogP contribution in [0.3, 0.4) is 0 Å². The Labute approximate surface area is 96.4 Å². The number of hydrogen-bond acceptors (Lipinski definition) is 5. The van der Waals surface area contributed by atoms with Gasteiger partial charge in [-0.15, -0.1) is 11.3 Å². The first-order valence-electron chi connectivity index (χ1n) is 4.68. The van der Waals surface area contributed by atoms with Gasteiger partial charge >= 0.3 is 5.91 Å². The van der Waals surface area contributed by atoms with Crippen LogP contribution in [0.4, 0.5) is 0 Å². The second kappa shape index (κ2) is 5.32. The maximum absolute atomic E-state index is 11.4. The Morgan fingerprint density at radius 3 is 3.19 bits per heavy atom. The number of rotatable bonds is 3. The highest BCUT2D eigenvalue weighted by Gasteiger charge is 2.13. The Kier molecular flexibility index (Phi) is 3.55. The second-order valence-electron chi connectivity index (χ2n) is 2.92.